The normalized spacial score (nSPS) is 10.8. The maximum Gasteiger partial charge on any atom is 0.412 e. The van der Waals surface area contributed by atoms with E-state index in [0.717, 1.165) is 0 Å². The van der Waals surface area contributed by atoms with Crippen molar-refractivity contribution >= 4 is 34.0 Å². The van der Waals surface area contributed by atoms with Crippen LogP contribution in [0.2, 0.25) is 0 Å². The zero-order valence-corrected chi connectivity index (χ0v) is 11.5. The van der Waals surface area contributed by atoms with Gasteiger partial charge in [-0.3, -0.25) is 10.1 Å². The Balaban J connectivity index is 2.78. The van der Waals surface area contributed by atoms with Crippen LogP contribution in [0, 0.1) is 0 Å². The molecule has 0 aromatic heterocycles. The molecule has 1 amide bonds. The molecule has 0 aliphatic rings. The van der Waals surface area contributed by atoms with E-state index in [1.807, 2.05) is 0 Å². The lowest BCUT2D eigenvalue weighted by Gasteiger charge is -2.19. The summed E-state index contributed by atoms with van der Waals surface area (Å²) in [4.78, 5) is 22.2. The van der Waals surface area contributed by atoms with E-state index >= 15 is 0 Å². The summed E-state index contributed by atoms with van der Waals surface area (Å²) in [5.41, 5.74) is 0.435. The van der Waals surface area contributed by atoms with Crippen molar-refractivity contribution in [1.82, 2.24) is 0 Å². The number of hydrogen-bond acceptors (Lipinski definition) is 3. The minimum Gasteiger partial charge on any atom is -0.444 e. The number of benzene rings is 1. The SMILES string of the molecule is CC(C)(C)OC(=O)Nc1cc(Br)cc(C=O)c1. The third-order valence-corrected chi connectivity index (χ3v) is 2.16. The highest BCUT2D eigenvalue weighted by atomic mass is 79.9. The Morgan fingerprint density at radius 3 is 2.53 bits per heavy atom. The minimum atomic E-state index is -0.552. The average molecular weight is 300 g/mol. The first kappa shape index (κ1) is 13.7. The Morgan fingerprint density at radius 2 is 2.00 bits per heavy atom. The number of amides is 1. The topological polar surface area (TPSA) is 55.4 Å². The fourth-order valence-electron chi connectivity index (χ4n) is 1.17. The van der Waals surface area contributed by atoms with E-state index in [2.05, 4.69) is 21.2 Å². The van der Waals surface area contributed by atoms with E-state index in [1.54, 1.807) is 39.0 Å². The van der Waals surface area contributed by atoms with E-state index in [9.17, 15) is 9.59 Å². The number of halogens is 1. The van der Waals surface area contributed by atoms with E-state index in [-0.39, 0.29) is 0 Å². The molecule has 0 saturated carbocycles. The summed E-state index contributed by atoms with van der Waals surface area (Å²) in [5, 5.41) is 2.56. The molecule has 1 aromatic carbocycles. The second-order valence-electron chi connectivity index (χ2n) is 4.52. The Kier molecular flexibility index (Phi) is 4.28. The highest BCUT2D eigenvalue weighted by Gasteiger charge is 2.16. The Morgan fingerprint density at radius 1 is 1.35 bits per heavy atom. The number of anilines is 1. The average Bonchev–Trinajstić information content (AvgIpc) is 2.13. The van der Waals surface area contributed by atoms with Crippen molar-refractivity contribution in [3.8, 4) is 0 Å². The molecule has 1 aromatic rings. The van der Waals surface area contributed by atoms with Gasteiger partial charge in [-0.25, -0.2) is 4.79 Å². The van der Waals surface area contributed by atoms with Crippen LogP contribution in [-0.2, 0) is 4.74 Å². The fourth-order valence-corrected chi connectivity index (χ4v) is 1.68. The first-order valence-electron chi connectivity index (χ1n) is 5.06. The Hall–Kier alpha value is -1.36. The van der Waals surface area contributed by atoms with Crippen molar-refractivity contribution in [2.75, 3.05) is 5.32 Å². The summed E-state index contributed by atoms with van der Waals surface area (Å²) in [6, 6.07) is 4.92. The van der Waals surface area contributed by atoms with Crippen molar-refractivity contribution in [2.45, 2.75) is 26.4 Å². The quantitative estimate of drug-likeness (QED) is 0.849. The maximum absolute atomic E-state index is 11.5. The van der Waals surface area contributed by atoms with Crippen molar-refractivity contribution in [3.05, 3.63) is 28.2 Å². The van der Waals surface area contributed by atoms with Crippen LogP contribution in [-0.4, -0.2) is 18.0 Å². The van der Waals surface area contributed by atoms with Crippen molar-refractivity contribution in [3.63, 3.8) is 0 Å². The second kappa shape index (κ2) is 5.31. The van der Waals surface area contributed by atoms with Crippen LogP contribution >= 0.6 is 15.9 Å². The molecule has 1 rings (SSSR count). The van der Waals surface area contributed by atoms with Crippen LogP contribution in [0.5, 0.6) is 0 Å². The van der Waals surface area contributed by atoms with Gasteiger partial charge in [0.15, 0.2) is 0 Å². The minimum absolute atomic E-state index is 0.477. The predicted octanol–water partition coefficient (Wildman–Crippen LogP) is 3.61. The van der Waals surface area contributed by atoms with Gasteiger partial charge in [-0.15, -0.1) is 0 Å². The molecular formula is C12H14BrNO3. The number of carbonyl (C=O) groups excluding carboxylic acids is 2. The van der Waals surface area contributed by atoms with Crippen molar-refractivity contribution < 1.29 is 14.3 Å². The van der Waals surface area contributed by atoms with Gasteiger partial charge in [0.05, 0.1) is 0 Å². The molecule has 92 valence electrons. The number of ether oxygens (including phenoxy) is 1. The molecular weight excluding hydrogens is 286 g/mol. The van der Waals surface area contributed by atoms with Crippen LogP contribution in [0.4, 0.5) is 10.5 Å². The molecule has 0 fully saturated rings. The summed E-state index contributed by atoms with van der Waals surface area (Å²) >= 11 is 3.25. The van der Waals surface area contributed by atoms with E-state index < -0.39 is 11.7 Å². The maximum atomic E-state index is 11.5. The van der Waals surface area contributed by atoms with Crippen LogP contribution in [0.1, 0.15) is 31.1 Å². The number of nitrogens with one attached hydrogen (secondary N) is 1. The zero-order chi connectivity index (χ0) is 13.1. The van der Waals surface area contributed by atoms with Gasteiger partial charge in [0.25, 0.3) is 0 Å². The molecule has 0 aliphatic heterocycles. The molecule has 0 spiro atoms. The molecule has 0 saturated heterocycles. The van der Waals surface area contributed by atoms with Crippen LogP contribution in [0.3, 0.4) is 0 Å². The number of hydrogen-bond donors (Lipinski definition) is 1. The molecule has 1 N–H and O–H groups in total. The van der Waals surface area contributed by atoms with Gasteiger partial charge in [0.2, 0.25) is 0 Å². The monoisotopic (exact) mass is 299 g/mol. The van der Waals surface area contributed by atoms with Crippen LogP contribution < -0.4 is 5.32 Å². The van der Waals surface area contributed by atoms with Crippen molar-refractivity contribution in [1.29, 1.82) is 0 Å². The lowest BCUT2D eigenvalue weighted by atomic mass is 10.2. The fraction of sp³-hybridized carbons (Fsp3) is 0.333. The molecule has 0 heterocycles. The second-order valence-corrected chi connectivity index (χ2v) is 5.43. The molecule has 0 atom stereocenters. The molecule has 4 nitrogen and oxygen atoms in total. The lowest BCUT2D eigenvalue weighted by Crippen LogP contribution is -2.27. The van der Waals surface area contributed by atoms with Gasteiger partial charge in [0.1, 0.15) is 11.9 Å². The molecule has 0 radical (unpaired) electrons. The number of aldehydes is 1. The van der Waals surface area contributed by atoms with E-state index in [4.69, 9.17) is 4.74 Å². The standard InChI is InChI=1S/C12H14BrNO3/c1-12(2,3)17-11(16)14-10-5-8(7-15)4-9(13)6-10/h4-7H,1-3H3,(H,14,16). The predicted molar refractivity (Wildman–Crippen MR) is 69.4 cm³/mol. The van der Waals surface area contributed by atoms with Gasteiger partial charge >= 0.3 is 6.09 Å². The molecule has 17 heavy (non-hydrogen) atoms. The van der Waals surface area contributed by atoms with Gasteiger partial charge in [-0.05, 0) is 39.0 Å². The summed E-state index contributed by atoms with van der Waals surface area (Å²) < 4.78 is 5.82. The Bertz CT molecular complexity index is 438. The van der Waals surface area contributed by atoms with Gasteiger partial charge in [0, 0.05) is 15.7 Å². The molecule has 0 aliphatic carbocycles. The third-order valence-electron chi connectivity index (χ3n) is 1.70. The zero-order valence-electron chi connectivity index (χ0n) is 9.91. The summed E-state index contributed by atoms with van der Waals surface area (Å²) in [6.45, 7) is 5.35. The van der Waals surface area contributed by atoms with Crippen molar-refractivity contribution in [2.24, 2.45) is 0 Å². The highest BCUT2D eigenvalue weighted by Crippen LogP contribution is 2.19. The van der Waals surface area contributed by atoms with E-state index in [0.29, 0.717) is 22.0 Å². The van der Waals surface area contributed by atoms with Crippen LogP contribution in [0.15, 0.2) is 22.7 Å². The summed E-state index contributed by atoms with van der Waals surface area (Å²) in [6.07, 6.45) is 0.165. The van der Waals surface area contributed by atoms with Crippen LogP contribution in [0.25, 0.3) is 0 Å². The van der Waals surface area contributed by atoms with Gasteiger partial charge in [-0.2, -0.15) is 0 Å². The van der Waals surface area contributed by atoms with Gasteiger partial charge < -0.3 is 4.74 Å². The molecule has 5 heteroatoms. The summed E-state index contributed by atoms with van der Waals surface area (Å²) in [7, 11) is 0. The Labute approximate surface area is 108 Å². The highest BCUT2D eigenvalue weighted by molar-refractivity contribution is 9.10. The largest absolute Gasteiger partial charge is 0.444 e. The van der Waals surface area contributed by atoms with Gasteiger partial charge in [-0.1, -0.05) is 15.9 Å². The lowest BCUT2D eigenvalue weighted by molar-refractivity contribution is 0.0635. The third kappa shape index (κ3) is 4.99. The molecule has 0 unspecified atom stereocenters. The molecule has 0 bridgehead atoms. The number of carbonyl (C=O) groups is 2. The first-order chi connectivity index (χ1) is 7.80. The number of rotatable bonds is 2. The smallest absolute Gasteiger partial charge is 0.412 e. The van der Waals surface area contributed by atoms with E-state index in [1.165, 1.54) is 0 Å². The summed E-state index contributed by atoms with van der Waals surface area (Å²) in [5.74, 6) is 0. The first-order valence-corrected chi connectivity index (χ1v) is 5.85.